The Bertz CT molecular complexity index is 1030. The molecule has 1 N–H and O–H groups in total. The minimum atomic E-state index is -3.76. The molecule has 0 radical (unpaired) electrons. The predicted octanol–water partition coefficient (Wildman–Crippen LogP) is 1.70. The first-order chi connectivity index (χ1) is 13.2. The van der Waals surface area contributed by atoms with Crippen molar-refractivity contribution in [1.29, 1.82) is 0 Å². The number of aryl methyl sites for hydroxylation is 1. The molecule has 0 spiro atoms. The minimum Gasteiger partial charge on any atom is -0.481 e. The lowest BCUT2D eigenvalue weighted by molar-refractivity contribution is -0.139. The zero-order chi connectivity index (χ0) is 20.5. The second kappa shape index (κ2) is 8.24. The molecule has 0 bridgehead atoms. The number of hydrogen-bond acceptors (Lipinski definition) is 6. The molecule has 2 heterocycles. The van der Waals surface area contributed by atoms with E-state index in [1.165, 1.54) is 4.31 Å². The standard InChI is InChI=1S/C17H20ClN3O5S2/c1-11-16(27-17(23)19-11)28(24,25)21-8-6-20(7-9-21)15(22)12(2)26-14-5-3-4-13(18)10-14/h3-5,10,12H,6-9H2,1-2H3,(H,19,23)/t12-/m1/s1. The number of halogens is 1. The van der Waals surface area contributed by atoms with Crippen molar-refractivity contribution in [2.24, 2.45) is 0 Å². The Hall–Kier alpha value is -1.88. The van der Waals surface area contributed by atoms with Crippen molar-refractivity contribution in [3.05, 3.63) is 44.6 Å². The van der Waals surface area contributed by atoms with E-state index >= 15 is 0 Å². The number of carbonyl (C=O) groups excluding carboxylic acids is 1. The van der Waals surface area contributed by atoms with Crippen molar-refractivity contribution in [3.8, 4) is 5.75 Å². The first-order valence-electron chi connectivity index (χ1n) is 8.59. The molecule has 0 saturated carbocycles. The highest BCUT2D eigenvalue weighted by Gasteiger charge is 2.34. The number of aromatic nitrogens is 1. The lowest BCUT2D eigenvalue weighted by Crippen LogP contribution is -2.53. The Kier molecular flexibility index (Phi) is 6.13. The van der Waals surface area contributed by atoms with E-state index in [1.54, 1.807) is 43.0 Å². The van der Waals surface area contributed by atoms with E-state index in [1.807, 2.05) is 0 Å². The van der Waals surface area contributed by atoms with Gasteiger partial charge in [0.05, 0.1) is 0 Å². The lowest BCUT2D eigenvalue weighted by Gasteiger charge is -2.35. The second-order valence-corrected chi connectivity index (χ2v) is 9.93. The highest BCUT2D eigenvalue weighted by molar-refractivity contribution is 7.91. The van der Waals surface area contributed by atoms with Crippen LogP contribution in [0.25, 0.3) is 0 Å². The summed E-state index contributed by atoms with van der Waals surface area (Å²) in [5.74, 6) is 0.270. The molecule has 1 amide bonds. The third-order valence-corrected chi connectivity index (χ3v) is 8.08. The monoisotopic (exact) mass is 445 g/mol. The van der Waals surface area contributed by atoms with Crippen LogP contribution in [0.4, 0.5) is 0 Å². The molecule has 28 heavy (non-hydrogen) atoms. The lowest BCUT2D eigenvalue weighted by atomic mass is 10.2. The smallest absolute Gasteiger partial charge is 0.305 e. The Morgan fingerprint density at radius 1 is 1.29 bits per heavy atom. The van der Waals surface area contributed by atoms with Crippen molar-refractivity contribution < 1.29 is 17.9 Å². The fraction of sp³-hybridized carbons (Fsp3) is 0.412. The normalized spacial score (nSPS) is 16.8. The number of thiazole rings is 1. The van der Waals surface area contributed by atoms with Crippen LogP contribution in [0.1, 0.15) is 12.6 Å². The van der Waals surface area contributed by atoms with Crippen molar-refractivity contribution in [1.82, 2.24) is 14.2 Å². The fourth-order valence-corrected chi connectivity index (χ4v) is 5.99. The molecule has 1 aromatic carbocycles. The summed E-state index contributed by atoms with van der Waals surface area (Å²) in [5, 5.41) is 0.512. The summed E-state index contributed by atoms with van der Waals surface area (Å²) in [4.78, 5) is 27.7. The van der Waals surface area contributed by atoms with E-state index in [9.17, 15) is 18.0 Å². The van der Waals surface area contributed by atoms with Crippen LogP contribution >= 0.6 is 22.9 Å². The van der Waals surface area contributed by atoms with Gasteiger partial charge in [0.1, 0.15) is 5.75 Å². The van der Waals surface area contributed by atoms with E-state index in [0.29, 0.717) is 27.8 Å². The summed E-state index contributed by atoms with van der Waals surface area (Å²) in [7, 11) is -3.76. The van der Waals surface area contributed by atoms with Gasteiger partial charge in [0.2, 0.25) is 0 Å². The summed E-state index contributed by atoms with van der Waals surface area (Å²) < 4.78 is 32.5. The van der Waals surface area contributed by atoms with Crippen LogP contribution in [0, 0.1) is 6.92 Å². The molecule has 1 saturated heterocycles. The molecule has 1 fully saturated rings. The third-order valence-electron chi connectivity index (χ3n) is 4.36. The van der Waals surface area contributed by atoms with Gasteiger partial charge in [-0.2, -0.15) is 4.31 Å². The number of piperazine rings is 1. The Morgan fingerprint density at radius 3 is 2.54 bits per heavy atom. The van der Waals surface area contributed by atoms with Gasteiger partial charge in [-0.25, -0.2) is 8.42 Å². The predicted molar refractivity (Wildman–Crippen MR) is 107 cm³/mol. The third kappa shape index (κ3) is 4.40. The quantitative estimate of drug-likeness (QED) is 0.755. The van der Waals surface area contributed by atoms with Crippen LogP contribution in [0.2, 0.25) is 5.02 Å². The topological polar surface area (TPSA) is 99.8 Å². The molecule has 1 atom stereocenters. The summed E-state index contributed by atoms with van der Waals surface area (Å²) >= 11 is 6.60. The van der Waals surface area contributed by atoms with Gasteiger partial charge in [-0.05, 0) is 32.0 Å². The summed E-state index contributed by atoms with van der Waals surface area (Å²) in [6, 6.07) is 6.78. The Labute approximate surface area is 171 Å². The number of sulfonamides is 1. The van der Waals surface area contributed by atoms with E-state index < -0.39 is 21.0 Å². The maximum absolute atomic E-state index is 12.7. The molecule has 8 nitrogen and oxygen atoms in total. The van der Waals surface area contributed by atoms with Gasteiger partial charge in [0.15, 0.2) is 10.3 Å². The first kappa shape index (κ1) is 20.8. The van der Waals surface area contributed by atoms with Gasteiger partial charge in [-0.15, -0.1) is 0 Å². The van der Waals surface area contributed by atoms with Crippen LogP contribution in [0.15, 0.2) is 33.3 Å². The molecular weight excluding hydrogens is 426 g/mol. The molecule has 3 rings (SSSR count). The highest BCUT2D eigenvalue weighted by Crippen LogP contribution is 2.23. The minimum absolute atomic E-state index is 0.0231. The van der Waals surface area contributed by atoms with E-state index in [2.05, 4.69) is 4.98 Å². The number of ether oxygens (including phenoxy) is 1. The molecular formula is C17H20ClN3O5S2. The molecule has 1 aliphatic rings. The van der Waals surface area contributed by atoms with E-state index in [-0.39, 0.29) is 36.3 Å². The Balaban J connectivity index is 1.62. The van der Waals surface area contributed by atoms with Crippen molar-refractivity contribution in [3.63, 3.8) is 0 Å². The largest absolute Gasteiger partial charge is 0.481 e. The molecule has 152 valence electrons. The average Bonchev–Trinajstić information content (AvgIpc) is 3.00. The maximum Gasteiger partial charge on any atom is 0.305 e. The average molecular weight is 446 g/mol. The van der Waals surface area contributed by atoms with Gasteiger partial charge in [0, 0.05) is 36.9 Å². The number of H-pyrrole nitrogens is 1. The van der Waals surface area contributed by atoms with Gasteiger partial charge in [0.25, 0.3) is 15.9 Å². The van der Waals surface area contributed by atoms with Crippen LogP contribution in [-0.2, 0) is 14.8 Å². The molecule has 2 aromatic rings. The number of nitrogens with one attached hydrogen (secondary N) is 1. The van der Waals surface area contributed by atoms with E-state index in [0.717, 1.165) is 0 Å². The van der Waals surface area contributed by atoms with Crippen molar-refractivity contribution >= 4 is 38.9 Å². The van der Waals surface area contributed by atoms with Crippen molar-refractivity contribution in [2.75, 3.05) is 26.2 Å². The number of hydrogen-bond donors (Lipinski definition) is 1. The number of amides is 1. The first-order valence-corrected chi connectivity index (χ1v) is 11.2. The maximum atomic E-state index is 12.7. The van der Waals surface area contributed by atoms with Gasteiger partial charge < -0.3 is 14.6 Å². The van der Waals surface area contributed by atoms with E-state index in [4.69, 9.17) is 16.3 Å². The van der Waals surface area contributed by atoms with Crippen molar-refractivity contribution in [2.45, 2.75) is 24.2 Å². The van der Waals surface area contributed by atoms with Gasteiger partial charge in [-0.1, -0.05) is 29.0 Å². The fourth-order valence-electron chi connectivity index (χ4n) is 2.95. The molecule has 11 heteroatoms. The number of aromatic amines is 1. The number of rotatable bonds is 5. The highest BCUT2D eigenvalue weighted by atomic mass is 35.5. The number of nitrogens with zero attached hydrogens (tertiary/aromatic N) is 2. The number of carbonyl (C=O) groups is 1. The second-order valence-electron chi connectivity index (χ2n) is 6.37. The summed E-state index contributed by atoms with van der Waals surface area (Å²) in [5.41, 5.74) is 0.331. The molecule has 1 aromatic heterocycles. The zero-order valence-corrected chi connectivity index (χ0v) is 17.7. The number of benzene rings is 1. The van der Waals surface area contributed by atoms with Gasteiger partial charge >= 0.3 is 4.87 Å². The van der Waals surface area contributed by atoms with Crippen LogP contribution in [0.5, 0.6) is 5.75 Å². The summed E-state index contributed by atoms with van der Waals surface area (Å²) in [6.07, 6.45) is -0.723. The molecule has 1 aliphatic heterocycles. The van der Waals surface area contributed by atoms with Gasteiger partial charge in [-0.3, -0.25) is 9.59 Å². The molecule has 0 aliphatic carbocycles. The molecule has 0 unspecified atom stereocenters. The Morgan fingerprint density at radius 2 is 1.96 bits per heavy atom. The van der Waals surface area contributed by atoms with Crippen LogP contribution in [-0.4, -0.2) is 60.8 Å². The van der Waals surface area contributed by atoms with Crippen LogP contribution in [0.3, 0.4) is 0 Å². The summed E-state index contributed by atoms with van der Waals surface area (Å²) in [6.45, 7) is 4.01. The zero-order valence-electron chi connectivity index (χ0n) is 15.3. The SMILES string of the molecule is Cc1[nH]c(=O)sc1S(=O)(=O)N1CCN(C(=O)[C@@H](C)Oc2cccc(Cl)c2)CC1. The van der Waals surface area contributed by atoms with Crippen LogP contribution < -0.4 is 9.61 Å².